The van der Waals surface area contributed by atoms with Gasteiger partial charge in [-0.2, -0.15) is 13.2 Å². The Hall–Kier alpha value is -2.26. The summed E-state index contributed by atoms with van der Waals surface area (Å²) in [6.07, 6.45) is -4.39. The average Bonchev–Trinajstić information content (AvgIpc) is 3.05. The van der Waals surface area contributed by atoms with Crippen LogP contribution >= 0.6 is 0 Å². The van der Waals surface area contributed by atoms with E-state index in [1.54, 1.807) is 12.1 Å². The van der Waals surface area contributed by atoms with Crippen molar-refractivity contribution in [3.63, 3.8) is 0 Å². The quantitative estimate of drug-likeness (QED) is 0.704. The van der Waals surface area contributed by atoms with Crippen molar-refractivity contribution in [1.82, 2.24) is 4.90 Å². The van der Waals surface area contributed by atoms with Crippen molar-refractivity contribution in [3.8, 4) is 5.75 Å². The Labute approximate surface area is 174 Å². The maximum absolute atomic E-state index is 13.4. The Morgan fingerprint density at radius 2 is 1.80 bits per heavy atom. The molecule has 5 nitrogen and oxygen atoms in total. The lowest BCUT2D eigenvalue weighted by Gasteiger charge is -2.19. The molecule has 0 bridgehead atoms. The standard InChI is InChI=1S/C21H25F3N2O3S/c1-14(2)15-4-7-18(8-5-15)30(27,28)25-16-6-9-19(21(22,23)24)20(12-16)29-17-10-11-26(3)13-17/h4-9,12,14,17,25H,10-11,13H2,1-3H3/t17-/m1/s1. The van der Waals surface area contributed by atoms with Crippen LogP contribution in [-0.2, 0) is 16.2 Å². The molecule has 0 radical (unpaired) electrons. The molecule has 1 fully saturated rings. The minimum atomic E-state index is -4.61. The minimum absolute atomic E-state index is 0.0114. The maximum atomic E-state index is 13.4. The first-order valence-electron chi connectivity index (χ1n) is 9.65. The van der Waals surface area contributed by atoms with E-state index in [2.05, 4.69) is 4.72 Å². The van der Waals surface area contributed by atoms with E-state index in [9.17, 15) is 21.6 Å². The first kappa shape index (κ1) is 22.4. The van der Waals surface area contributed by atoms with Crippen molar-refractivity contribution in [2.24, 2.45) is 0 Å². The van der Waals surface area contributed by atoms with Crippen LogP contribution in [0.25, 0.3) is 0 Å². The predicted octanol–water partition coefficient (Wildman–Crippen LogP) is 4.71. The van der Waals surface area contributed by atoms with Gasteiger partial charge in [-0.05, 0) is 49.2 Å². The number of likely N-dealkylation sites (tertiary alicyclic amines) is 1. The third kappa shape index (κ3) is 5.26. The number of rotatable bonds is 6. The Morgan fingerprint density at radius 1 is 1.13 bits per heavy atom. The summed E-state index contributed by atoms with van der Waals surface area (Å²) in [5.41, 5.74) is 0.0688. The number of likely N-dealkylation sites (N-methyl/N-ethyl adjacent to an activating group) is 1. The fraction of sp³-hybridized carbons (Fsp3) is 0.429. The second kappa shape index (κ2) is 8.47. The molecule has 1 aliphatic rings. The molecule has 0 saturated carbocycles. The highest BCUT2D eigenvalue weighted by molar-refractivity contribution is 7.92. The van der Waals surface area contributed by atoms with E-state index < -0.39 is 21.8 Å². The summed E-state index contributed by atoms with van der Waals surface area (Å²) in [5, 5.41) is 0. The zero-order valence-corrected chi connectivity index (χ0v) is 17.8. The molecule has 9 heteroatoms. The number of sulfonamides is 1. The van der Waals surface area contributed by atoms with Gasteiger partial charge < -0.3 is 9.64 Å². The molecule has 3 rings (SSSR count). The largest absolute Gasteiger partial charge is 0.488 e. The van der Waals surface area contributed by atoms with Gasteiger partial charge in [0.05, 0.1) is 16.1 Å². The zero-order valence-electron chi connectivity index (χ0n) is 17.0. The molecular weight excluding hydrogens is 417 g/mol. The van der Waals surface area contributed by atoms with E-state index in [1.807, 2.05) is 25.8 Å². The number of hydrogen-bond donors (Lipinski definition) is 1. The lowest BCUT2D eigenvalue weighted by Crippen LogP contribution is -2.23. The third-order valence-corrected chi connectivity index (χ3v) is 6.44. The highest BCUT2D eigenvalue weighted by Gasteiger charge is 2.36. The van der Waals surface area contributed by atoms with Gasteiger partial charge >= 0.3 is 6.18 Å². The number of anilines is 1. The molecule has 0 unspecified atom stereocenters. The molecule has 0 spiro atoms. The second-order valence-electron chi connectivity index (χ2n) is 7.83. The Kier molecular flexibility index (Phi) is 6.33. The third-order valence-electron chi connectivity index (χ3n) is 5.04. The van der Waals surface area contributed by atoms with E-state index in [1.165, 1.54) is 12.1 Å². The zero-order chi connectivity index (χ0) is 22.1. The highest BCUT2D eigenvalue weighted by Crippen LogP contribution is 2.39. The smallest absolute Gasteiger partial charge is 0.419 e. The summed E-state index contributed by atoms with van der Waals surface area (Å²) in [6, 6.07) is 9.43. The molecule has 1 heterocycles. The van der Waals surface area contributed by atoms with E-state index in [-0.39, 0.29) is 28.4 Å². The highest BCUT2D eigenvalue weighted by atomic mass is 32.2. The van der Waals surface area contributed by atoms with Gasteiger partial charge in [0.25, 0.3) is 10.0 Å². The van der Waals surface area contributed by atoms with Crippen molar-refractivity contribution >= 4 is 15.7 Å². The van der Waals surface area contributed by atoms with Gasteiger partial charge in [-0.15, -0.1) is 0 Å². The van der Waals surface area contributed by atoms with Crippen molar-refractivity contribution in [2.45, 2.75) is 43.4 Å². The molecule has 30 heavy (non-hydrogen) atoms. The van der Waals surface area contributed by atoms with Crippen LogP contribution in [0.1, 0.15) is 37.3 Å². The van der Waals surface area contributed by atoms with E-state index >= 15 is 0 Å². The lowest BCUT2D eigenvalue weighted by atomic mass is 10.0. The number of benzene rings is 2. The lowest BCUT2D eigenvalue weighted by molar-refractivity contribution is -0.139. The topological polar surface area (TPSA) is 58.6 Å². The van der Waals surface area contributed by atoms with Gasteiger partial charge in [0, 0.05) is 19.2 Å². The van der Waals surface area contributed by atoms with Crippen molar-refractivity contribution < 1.29 is 26.3 Å². The molecule has 2 aromatic carbocycles. The SMILES string of the molecule is CC(C)c1ccc(S(=O)(=O)Nc2ccc(C(F)(F)F)c(O[C@@H]3CCN(C)C3)c2)cc1. The van der Waals surface area contributed by atoms with Crippen LogP contribution in [-0.4, -0.2) is 39.6 Å². The number of ether oxygens (including phenoxy) is 1. The van der Waals surface area contributed by atoms with Gasteiger partial charge in [-0.1, -0.05) is 26.0 Å². The van der Waals surface area contributed by atoms with E-state index in [0.29, 0.717) is 13.0 Å². The van der Waals surface area contributed by atoms with Crippen LogP contribution in [0.5, 0.6) is 5.75 Å². The molecule has 1 aliphatic heterocycles. The van der Waals surface area contributed by atoms with Crippen molar-refractivity contribution in [1.29, 1.82) is 0 Å². The summed E-state index contributed by atoms with van der Waals surface area (Å²) in [5.74, 6) is -0.128. The van der Waals surface area contributed by atoms with Crippen LogP contribution in [0.3, 0.4) is 0 Å². The molecule has 164 valence electrons. The summed E-state index contributed by atoms with van der Waals surface area (Å²) < 4.78 is 73.5. The fourth-order valence-electron chi connectivity index (χ4n) is 3.33. The maximum Gasteiger partial charge on any atom is 0.419 e. The number of alkyl halides is 3. The first-order valence-corrected chi connectivity index (χ1v) is 11.1. The van der Waals surface area contributed by atoms with Gasteiger partial charge in [0.15, 0.2) is 0 Å². The average molecular weight is 443 g/mol. The van der Waals surface area contributed by atoms with Gasteiger partial charge in [0.2, 0.25) is 0 Å². The van der Waals surface area contributed by atoms with Crippen LogP contribution in [0.2, 0.25) is 0 Å². The Balaban J connectivity index is 1.87. The van der Waals surface area contributed by atoms with Gasteiger partial charge in [-0.3, -0.25) is 4.72 Å². The molecule has 2 aromatic rings. The second-order valence-corrected chi connectivity index (χ2v) is 9.51. The normalized spacial score (nSPS) is 18.0. The molecular formula is C21H25F3N2O3S. The van der Waals surface area contributed by atoms with Crippen molar-refractivity contribution in [2.75, 3.05) is 24.9 Å². The number of nitrogens with zero attached hydrogens (tertiary/aromatic N) is 1. The van der Waals surface area contributed by atoms with Crippen molar-refractivity contribution in [3.05, 3.63) is 53.6 Å². The Morgan fingerprint density at radius 3 is 2.33 bits per heavy atom. The van der Waals surface area contributed by atoms with Crippen LogP contribution in [0, 0.1) is 0 Å². The number of hydrogen-bond acceptors (Lipinski definition) is 4. The van der Waals surface area contributed by atoms with Gasteiger partial charge in [0.1, 0.15) is 11.9 Å². The number of halogens is 3. The summed E-state index contributed by atoms with van der Waals surface area (Å²) in [4.78, 5) is 2.00. The minimum Gasteiger partial charge on any atom is -0.488 e. The predicted molar refractivity (Wildman–Crippen MR) is 109 cm³/mol. The van der Waals surface area contributed by atoms with E-state index in [4.69, 9.17) is 4.74 Å². The van der Waals surface area contributed by atoms with Crippen LogP contribution in [0.15, 0.2) is 47.4 Å². The molecule has 1 N–H and O–H groups in total. The molecule has 0 aromatic heterocycles. The first-order chi connectivity index (χ1) is 14.0. The molecule has 1 atom stereocenters. The summed E-state index contributed by atoms with van der Waals surface area (Å²) in [6.45, 7) is 5.22. The van der Waals surface area contributed by atoms with Crippen LogP contribution < -0.4 is 9.46 Å². The molecule has 0 amide bonds. The van der Waals surface area contributed by atoms with Gasteiger partial charge in [-0.25, -0.2) is 8.42 Å². The Bertz CT molecular complexity index is 990. The summed E-state index contributed by atoms with van der Waals surface area (Å²) >= 11 is 0. The summed E-state index contributed by atoms with van der Waals surface area (Å²) in [7, 11) is -2.09. The molecule has 1 saturated heterocycles. The van der Waals surface area contributed by atoms with E-state index in [0.717, 1.165) is 30.3 Å². The monoisotopic (exact) mass is 442 g/mol. The number of nitrogens with one attached hydrogen (secondary N) is 1. The fourth-order valence-corrected chi connectivity index (χ4v) is 4.38. The molecule has 0 aliphatic carbocycles. The van der Waals surface area contributed by atoms with Crippen LogP contribution in [0.4, 0.5) is 18.9 Å².